The Hall–Kier alpha value is -1.60. The van der Waals surface area contributed by atoms with Gasteiger partial charge in [-0.05, 0) is 44.9 Å². The molecule has 1 aliphatic rings. The van der Waals surface area contributed by atoms with E-state index in [0.29, 0.717) is 6.04 Å². The molecule has 1 fully saturated rings. The number of pyridine rings is 1. The first-order valence-corrected chi connectivity index (χ1v) is 6.45. The Morgan fingerprint density at radius 1 is 1.44 bits per heavy atom. The van der Waals surface area contributed by atoms with E-state index in [2.05, 4.69) is 28.3 Å². The highest BCUT2D eigenvalue weighted by atomic mass is 15.2. The summed E-state index contributed by atoms with van der Waals surface area (Å²) in [7, 11) is 3.97. The quantitative estimate of drug-likeness (QED) is 0.883. The molecule has 0 atom stereocenters. The number of nitrogens with one attached hydrogen (secondary N) is 1. The van der Waals surface area contributed by atoms with Gasteiger partial charge in [-0.1, -0.05) is 6.07 Å². The van der Waals surface area contributed by atoms with Crippen LogP contribution >= 0.6 is 0 Å². The monoisotopic (exact) mass is 244 g/mol. The van der Waals surface area contributed by atoms with Gasteiger partial charge in [-0.2, -0.15) is 5.26 Å². The van der Waals surface area contributed by atoms with Crippen molar-refractivity contribution in [3.05, 3.63) is 24.4 Å². The number of aromatic nitrogens is 1. The number of hydrogen-bond donors (Lipinski definition) is 1. The summed E-state index contributed by atoms with van der Waals surface area (Å²) in [5.41, 5.74) is -0.318. The van der Waals surface area contributed by atoms with Crippen molar-refractivity contribution in [1.29, 1.82) is 5.26 Å². The average molecular weight is 244 g/mol. The SMILES string of the molecule is CNC1(C#N)CCC(N(C)c2ccccn2)CC1. The zero-order valence-electron chi connectivity index (χ0n) is 11.1. The van der Waals surface area contributed by atoms with E-state index < -0.39 is 0 Å². The number of nitrogens with zero attached hydrogens (tertiary/aromatic N) is 3. The summed E-state index contributed by atoms with van der Waals surface area (Å²) in [4.78, 5) is 6.61. The lowest BCUT2D eigenvalue weighted by Crippen LogP contribution is -2.48. The molecule has 1 heterocycles. The molecule has 0 aromatic carbocycles. The minimum Gasteiger partial charge on any atom is -0.357 e. The van der Waals surface area contributed by atoms with Gasteiger partial charge in [0.1, 0.15) is 11.4 Å². The molecule has 0 spiro atoms. The molecule has 0 radical (unpaired) electrons. The molecular weight excluding hydrogens is 224 g/mol. The molecule has 1 saturated carbocycles. The molecular formula is C14H20N4. The topological polar surface area (TPSA) is 52.0 Å². The van der Waals surface area contributed by atoms with Crippen LogP contribution in [0.4, 0.5) is 5.82 Å². The van der Waals surface area contributed by atoms with E-state index in [9.17, 15) is 5.26 Å². The predicted octanol–water partition coefficient (Wildman–Crippen LogP) is 1.94. The second kappa shape index (κ2) is 5.36. The van der Waals surface area contributed by atoms with E-state index in [1.165, 1.54) is 0 Å². The van der Waals surface area contributed by atoms with Gasteiger partial charge in [0.25, 0.3) is 0 Å². The van der Waals surface area contributed by atoms with Gasteiger partial charge in [-0.3, -0.25) is 0 Å². The second-order valence-corrected chi connectivity index (χ2v) is 4.97. The smallest absolute Gasteiger partial charge is 0.128 e. The highest BCUT2D eigenvalue weighted by Gasteiger charge is 2.35. The van der Waals surface area contributed by atoms with Crippen LogP contribution in [-0.4, -0.2) is 30.7 Å². The lowest BCUT2D eigenvalue weighted by atomic mass is 9.80. The van der Waals surface area contributed by atoms with E-state index in [1.54, 1.807) is 0 Å². The van der Waals surface area contributed by atoms with Crippen LogP contribution in [0.25, 0.3) is 0 Å². The summed E-state index contributed by atoms with van der Waals surface area (Å²) < 4.78 is 0. The van der Waals surface area contributed by atoms with Crippen molar-refractivity contribution >= 4 is 5.82 Å². The van der Waals surface area contributed by atoms with Crippen LogP contribution in [0.1, 0.15) is 25.7 Å². The molecule has 2 rings (SSSR count). The van der Waals surface area contributed by atoms with Gasteiger partial charge in [0.2, 0.25) is 0 Å². The van der Waals surface area contributed by atoms with Crippen LogP contribution < -0.4 is 10.2 Å². The van der Waals surface area contributed by atoms with E-state index >= 15 is 0 Å². The summed E-state index contributed by atoms with van der Waals surface area (Å²) >= 11 is 0. The fraction of sp³-hybridized carbons (Fsp3) is 0.571. The van der Waals surface area contributed by atoms with Crippen LogP contribution in [-0.2, 0) is 0 Å². The molecule has 0 unspecified atom stereocenters. The third-order valence-electron chi connectivity index (χ3n) is 4.06. The molecule has 4 nitrogen and oxygen atoms in total. The third-order valence-corrected chi connectivity index (χ3v) is 4.06. The Morgan fingerprint density at radius 2 is 2.17 bits per heavy atom. The van der Waals surface area contributed by atoms with Crippen LogP contribution in [0.5, 0.6) is 0 Å². The highest BCUT2D eigenvalue weighted by Crippen LogP contribution is 2.31. The molecule has 0 bridgehead atoms. The largest absolute Gasteiger partial charge is 0.357 e. The molecule has 0 saturated heterocycles. The number of hydrogen-bond acceptors (Lipinski definition) is 4. The molecule has 96 valence electrons. The van der Waals surface area contributed by atoms with Gasteiger partial charge >= 0.3 is 0 Å². The molecule has 1 aliphatic carbocycles. The molecule has 18 heavy (non-hydrogen) atoms. The van der Waals surface area contributed by atoms with Crippen molar-refractivity contribution in [2.45, 2.75) is 37.3 Å². The lowest BCUT2D eigenvalue weighted by Gasteiger charge is -2.39. The predicted molar refractivity (Wildman–Crippen MR) is 72.3 cm³/mol. The minimum atomic E-state index is -0.318. The molecule has 1 aromatic heterocycles. The van der Waals surface area contributed by atoms with Crippen molar-refractivity contribution < 1.29 is 0 Å². The fourth-order valence-electron chi connectivity index (χ4n) is 2.65. The molecule has 0 aliphatic heterocycles. The average Bonchev–Trinajstić information content (AvgIpc) is 2.47. The third kappa shape index (κ3) is 2.46. The first-order valence-electron chi connectivity index (χ1n) is 6.45. The maximum atomic E-state index is 9.24. The van der Waals surface area contributed by atoms with E-state index in [0.717, 1.165) is 31.5 Å². The number of rotatable bonds is 3. The van der Waals surface area contributed by atoms with Crippen LogP contribution in [0, 0.1) is 11.3 Å². The molecule has 1 aromatic rings. The van der Waals surface area contributed by atoms with Gasteiger partial charge in [0.05, 0.1) is 6.07 Å². The Kier molecular flexibility index (Phi) is 3.83. The van der Waals surface area contributed by atoms with Gasteiger partial charge in [0.15, 0.2) is 0 Å². The summed E-state index contributed by atoms with van der Waals surface area (Å²) in [5.74, 6) is 1.01. The highest BCUT2D eigenvalue weighted by molar-refractivity contribution is 5.38. The summed E-state index contributed by atoms with van der Waals surface area (Å²) in [5, 5.41) is 12.4. The Balaban J connectivity index is 2.00. The maximum Gasteiger partial charge on any atom is 0.128 e. The second-order valence-electron chi connectivity index (χ2n) is 4.97. The Morgan fingerprint density at radius 3 is 2.67 bits per heavy atom. The molecule has 4 heteroatoms. The fourth-order valence-corrected chi connectivity index (χ4v) is 2.65. The van der Waals surface area contributed by atoms with Gasteiger partial charge in [-0.25, -0.2) is 4.98 Å². The van der Waals surface area contributed by atoms with Crippen molar-refractivity contribution in [3.63, 3.8) is 0 Å². The van der Waals surface area contributed by atoms with Crippen molar-refractivity contribution in [3.8, 4) is 6.07 Å². The standard InChI is InChI=1S/C14H20N4/c1-16-14(11-15)8-6-12(7-9-14)18(2)13-5-3-4-10-17-13/h3-5,10,12,16H,6-9H2,1-2H3. The van der Waals surface area contributed by atoms with Crippen molar-refractivity contribution in [1.82, 2.24) is 10.3 Å². The maximum absolute atomic E-state index is 9.24. The van der Waals surface area contributed by atoms with E-state index in [4.69, 9.17) is 0 Å². The number of anilines is 1. The first kappa shape index (κ1) is 12.8. The zero-order valence-corrected chi connectivity index (χ0v) is 11.1. The number of nitriles is 1. The molecule has 0 amide bonds. The Labute approximate surface area is 109 Å². The summed E-state index contributed by atoms with van der Waals surface area (Å²) in [6.45, 7) is 0. The first-order chi connectivity index (χ1) is 8.71. The Bertz CT molecular complexity index is 415. The zero-order chi connectivity index (χ0) is 13.0. The molecule has 1 N–H and O–H groups in total. The van der Waals surface area contributed by atoms with Gasteiger partial charge in [-0.15, -0.1) is 0 Å². The van der Waals surface area contributed by atoms with Crippen LogP contribution in [0.2, 0.25) is 0 Å². The minimum absolute atomic E-state index is 0.318. The normalized spacial score (nSPS) is 27.5. The van der Waals surface area contributed by atoms with Crippen LogP contribution in [0.15, 0.2) is 24.4 Å². The van der Waals surface area contributed by atoms with Gasteiger partial charge < -0.3 is 10.2 Å². The summed E-state index contributed by atoms with van der Waals surface area (Å²) in [6, 6.07) is 8.87. The van der Waals surface area contributed by atoms with E-state index in [1.807, 2.05) is 31.4 Å². The van der Waals surface area contributed by atoms with Crippen molar-refractivity contribution in [2.75, 3.05) is 19.0 Å². The lowest BCUT2D eigenvalue weighted by molar-refractivity contribution is 0.287. The summed E-state index contributed by atoms with van der Waals surface area (Å²) in [6.07, 6.45) is 5.69. The van der Waals surface area contributed by atoms with Crippen molar-refractivity contribution in [2.24, 2.45) is 0 Å². The van der Waals surface area contributed by atoms with E-state index in [-0.39, 0.29) is 5.54 Å². The van der Waals surface area contributed by atoms with Crippen LogP contribution in [0.3, 0.4) is 0 Å². The van der Waals surface area contributed by atoms with Gasteiger partial charge in [0, 0.05) is 19.3 Å².